The first kappa shape index (κ1) is 15.0. The van der Waals surface area contributed by atoms with Crippen LogP contribution in [0.4, 0.5) is 4.39 Å². The monoisotopic (exact) mass is 304 g/mol. The molecule has 0 saturated carbocycles. The molecule has 0 aromatic heterocycles. The average Bonchev–Trinajstić information content (AvgIpc) is 2.58. The zero-order valence-electron chi connectivity index (χ0n) is 12.8. The molecule has 3 rings (SSSR count). The molecule has 0 saturated heterocycles. The molecule has 2 heteroatoms. The second-order valence-electron chi connectivity index (χ2n) is 5.45. The van der Waals surface area contributed by atoms with Gasteiger partial charge in [-0.1, -0.05) is 60.7 Å². The van der Waals surface area contributed by atoms with Gasteiger partial charge in [0.05, 0.1) is 0 Å². The highest BCUT2D eigenvalue weighted by Gasteiger charge is 2.13. The minimum absolute atomic E-state index is 0.109. The fraction of sp³-hybridized carbons (Fsp3) is 0.0476. The number of halogens is 1. The molecule has 0 radical (unpaired) electrons. The molecule has 0 fully saturated rings. The lowest BCUT2D eigenvalue weighted by atomic mass is 9.93. The van der Waals surface area contributed by atoms with Gasteiger partial charge in [-0.2, -0.15) is 0 Å². The van der Waals surface area contributed by atoms with Crippen LogP contribution in [0.1, 0.15) is 22.3 Å². The van der Waals surface area contributed by atoms with Crippen LogP contribution in [0.15, 0.2) is 72.8 Å². The zero-order valence-corrected chi connectivity index (χ0v) is 12.8. The number of aryl methyl sites for hydroxylation is 1. The van der Waals surface area contributed by atoms with E-state index in [1.54, 1.807) is 6.92 Å². The number of hydrogen-bond acceptors (Lipinski definition) is 1. The van der Waals surface area contributed by atoms with Crippen LogP contribution >= 0.6 is 0 Å². The molecule has 3 aromatic rings. The molecule has 0 bridgehead atoms. The molecule has 0 unspecified atom stereocenters. The van der Waals surface area contributed by atoms with Crippen LogP contribution < -0.4 is 0 Å². The summed E-state index contributed by atoms with van der Waals surface area (Å²) in [5, 5.41) is 10.4. The lowest BCUT2D eigenvalue weighted by Gasteiger charge is -2.13. The SMILES string of the molecule is Cc1cc(F)cc(/C(=C/c2ccccc2)c2ccccc2)c1O. The van der Waals surface area contributed by atoms with Crippen LogP contribution in [-0.4, -0.2) is 5.11 Å². The van der Waals surface area contributed by atoms with Crippen molar-refractivity contribution in [1.82, 2.24) is 0 Å². The van der Waals surface area contributed by atoms with E-state index in [1.807, 2.05) is 66.7 Å². The van der Waals surface area contributed by atoms with E-state index in [0.29, 0.717) is 11.1 Å². The summed E-state index contributed by atoms with van der Waals surface area (Å²) in [4.78, 5) is 0. The minimum Gasteiger partial charge on any atom is -0.507 e. The molecule has 0 aliphatic heterocycles. The maximum Gasteiger partial charge on any atom is 0.126 e. The summed E-state index contributed by atoms with van der Waals surface area (Å²) >= 11 is 0. The van der Waals surface area contributed by atoms with Gasteiger partial charge in [0.25, 0.3) is 0 Å². The summed E-state index contributed by atoms with van der Waals surface area (Å²) in [5.41, 5.74) is 3.73. The standard InChI is InChI=1S/C21H17FO/c1-15-12-18(22)14-20(21(15)23)19(17-10-6-3-7-11-17)13-16-8-4-2-5-9-16/h2-14,23H,1H3/b19-13+. The first-order valence-electron chi connectivity index (χ1n) is 7.47. The quantitative estimate of drug-likeness (QED) is 0.640. The fourth-order valence-electron chi connectivity index (χ4n) is 2.59. The van der Waals surface area contributed by atoms with E-state index < -0.39 is 0 Å². The number of phenolic OH excluding ortho intramolecular Hbond substituents is 1. The van der Waals surface area contributed by atoms with Crippen molar-refractivity contribution < 1.29 is 9.50 Å². The normalized spacial score (nSPS) is 11.5. The second-order valence-corrected chi connectivity index (χ2v) is 5.45. The number of hydrogen-bond donors (Lipinski definition) is 1. The topological polar surface area (TPSA) is 20.2 Å². The van der Waals surface area contributed by atoms with Gasteiger partial charge in [0, 0.05) is 5.56 Å². The van der Waals surface area contributed by atoms with Gasteiger partial charge in [-0.05, 0) is 47.4 Å². The first-order chi connectivity index (χ1) is 11.1. The molecule has 0 atom stereocenters. The molecule has 23 heavy (non-hydrogen) atoms. The van der Waals surface area contributed by atoms with E-state index in [2.05, 4.69) is 0 Å². The molecule has 1 N–H and O–H groups in total. The zero-order chi connectivity index (χ0) is 16.2. The Morgan fingerprint density at radius 2 is 1.52 bits per heavy atom. The van der Waals surface area contributed by atoms with Crippen LogP contribution in [0.25, 0.3) is 11.6 Å². The predicted octanol–water partition coefficient (Wildman–Crippen LogP) is 5.43. The van der Waals surface area contributed by atoms with E-state index in [9.17, 15) is 9.50 Å². The molecular formula is C21H17FO. The van der Waals surface area contributed by atoms with Crippen molar-refractivity contribution in [2.24, 2.45) is 0 Å². The summed E-state index contributed by atoms with van der Waals surface area (Å²) in [6.07, 6.45) is 1.96. The van der Waals surface area contributed by atoms with E-state index in [0.717, 1.165) is 16.7 Å². The van der Waals surface area contributed by atoms with E-state index >= 15 is 0 Å². The third kappa shape index (κ3) is 3.32. The van der Waals surface area contributed by atoms with Crippen molar-refractivity contribution in [2.75, 3.05) is 0 Å². The molecular weight excluding hydrogens is 287 g/mol. The van der Waals surface area contributed by atoms with Crippen LogP contribution in [0.5, 0.6) is 5.75 Å². The van der Waals surface area contributed by atoms with Crippen molar-refractivity contribution in [3.8, 4) is 5.75 Å². The smallest absolute Gasteiger partial charge is 0.126 e. The number of benzene rings is 3. The van der Waals surface area contributed by atoms with Gasteiger partial charge in [0.2, 0.25) is 0 Å². The molecule has 0 heterocycles. The van der Waals surface area contributed by atoms with Gasteiger partial charge in [0.15, 0.2) is 0 Å². The number of aromatic hydroxyl groups is 1. The van der Waals surface area contributed by atoms with Crippen LogP contribution in [0.2, 0.25) is 0 Å². The van der Waals surface area contributed by atoms with Crippen LogP contribution in [0.3, 0.4) is 0 Å². The first-order valence-corrected chi connectivity index (χ1v) is 7.47. The molecule has 1 nitrogen and oxygen atoms in total. The summed E-state index contributed by atoms with van der Waals surface area (Å²) in [6.45, 7) is 1.70. The Morgan fingerprint density at radius 3 is 2.17 bits per heavy atom. The molecule has 0 spiro atoms. The summed E-state index contributed by atoms with van der Waals surface area (Å²) in [6, 6.07) is 22.2. The highest BCUT2D eigenvalue weighted by atomic mass is 19.1. The maximum atomic E-state index is 13.9. The van der Waals surface area contributed by atoms with Crippen molar-refractivity contribution >= 4 is 11.6 Å². The highest BCUT2D eigenvalue weighted by molar-refractivity contribution is 5.93. The van der Waals surface area contributed by atoms with Crippen molar-refractivity contribution in [3.05, 3.63) is 101 Å². The van der Waals surface area contributed by atoms with E-state index in [-0.39, 0.29) is 11.6 Å². The maximum absolute atomic E-state index is 13.9. The molecule has 0 aliphatic rings. The molecule has 0 aliphatic carbocycles. The van der Waals surface area contributed by atoms with Crippen LogP contribution in [-0.2, 0) is 0 Å². The fourth-order valence-corrected chi connectivity index (χ4v) is 2.59. The van der Waals surface area contributed by atoms with Gasteiger partial charge in [-0.25, -0.2) is 4.39 Å². The van der Waals surface area contributed by atoms with Gasteiger partial charge >= 0.3 is 0 Å². The largest absolute Gasteiger partial charge is 0.507 e. The predicted molar refractivity (Wildman–Crippen MR) is 92.7 cm³/mol. The Kier molecular flexibility index (Phi) is 4.24. The van der Waals surface area contributed by atoms with Gasteiger partial charge in [0.1, 0.15) is 11.6 Å². The van der Waals surface area contributed by atoms with Crippen LogP contribution in [0, 0.1) is 12.7 Å². The lowest BCUT2D eigenvalue weighted by Crippen LogP contribution is -1.93. The van der Waals surface area contributed by atoms with E-state index in [1.165, 1.54) is 12.1 Å². The Labute approximate surface area is 135 Å². The number of rotatable bonds is 3. The molecule has 3 aromatic carbocycles. The second kappa shape index (κ2) is 6.49. The molecule has 0 amide bonds. The lowest BCUT2D eigenvalue weighted by molar-refractivity contribution is 0.467. The minimum atomic E-state index is -0.356. The van der Waals surface area contributed by atoms with Gasteiger partial charge in [-0.15, -0.1) is 0 Å². The van der Waals surface area contributed by atoms with E-state index in [4.69, 9.17) is 0 Å². The van der Waals surface area contributed by atoms with Gasteiger partial charge in [-0.3, -0.25) is 0 Å². The Hall–Kier alpha value is -2.87. The van der Waals surface area contributed by atoms with Gasteiger partial charge < -0.3 is 5.11 Å². The van der Waals surface area contributed by atoms with Crippen molar-refractivity contribution in [2.45, 2.75) is 6.92 Å². The summed E-state index contributed by atoms with van der Waals surface area (Å²) in [5.74, 6) is -0.248. The van der Waals surface area contributed by atoms with Crippen molar-refractivity contribution in [3.63, 3.8) is 0 Å². The average molecular weight is 304 g/mol. The Balaban J connectivity index is 2.24. The summed E-state index contributed by atoms with van der Waals surface area (Å²) in [7, 11) is 0. The third-order valence-corrected chi connectivity index (χ3v) is 3.75. The Bertz CT molecular complexity index is 836. The third-order valence-electron chi connectivity index (χ3n) is 3.75. The van der Waals surface area contributed by atoms with Crippen molar-refractivity contribution in [1.29, 1.82) is 0 Å². The Morgan fingerprint density at radius 1 is 0.913 bits per heavy atom. The molecule has 114 valence electrons. The highest BCUT2D eigenvalue weighted by Crippen LogP contribution is 2.34. The number of phenols is 1. The summed E-state index contributed by atoms with van der Waals surface area (Å²) < 4.78 is 13.9.